The van der Waals surface area contributed by atoms with E-state index in [2.05, 4.69) is 62.3 Å². The lowest BCUT2D eigenvalue weighted by Gasteiger charge is -2.24. The van der Waals surface area contributed by atoms with Crippen LogP contribution in [0.5, 0.6) is 0 Å². The molecule has 1 aromatic carbocycles. The lowest BCUT2D eigenvalue weighted by molar-refractivity contribution is 0.511. The molecular formula is C19H26N2. The third kappa shape index (κ3) is 3.84. The normalized spacial score (nSPS) is 12.4. The fourth-order valence-corrected chi connectivity index (χ4v) is 2.68. The molecule has 0 unspecified atom stereocenters. The van der Waals surface area contributed by atoms with Gasteiger partial charge >= 0.3 is 0 Å². The number of aromatic nitrogens is 1. The largest absolute Gasteiger partial charge is 0.382 e. The molecule has 0 fully saturated rings. The van der Waals surface area contributed by atoms with Crippen LogP contribution < -0.4 is 5.32 Å². The maximum Gasteiger partial charge on any atom is 0.0375 e. The summed E-state index contributed by atoms with van der Waals surface area (Å²) in [7, 11) is 0. The molecule has 0 amide bonds. The number of rotatable bonds is 6. The Morgan fingerprint density at radius 3 is 2.48 bits per heavy atom. The number of pyridine rings is 1. The summed E-state index contributed by atoms with van der Waals surface area (Å²) in [6.45, 7) is 9.00. The lowest BCUT2D eigenvalue weighted by atomic mass is 9.98. The lowest BCUT2D eigenvalue weighted by Crippen LogP contribution is -2.25. The molecule has 0 saturated carbocycles. The van der Waals surface area contributed by atoms with Crippen LogP contribution in [0, 0.1) is 5.92 Å². The van der Waals surface area contributed by atoms with Gasteiger partial charge in [0.15, 0.2) is 0 Å². The van der Waals surface area contributed by atoms with E-state index in [1.807, 2.05) is 18.5 Å². The van der Waals surface area contributed by atoms with E-state index >= 15 is 0 Å². The maximum atomic E-state index is 4.21. The number of aryl methyl sites for hydroxylation is 1. The first kappa shape index (κ1) is 15.6. The molecule has 2 aromatic rings. The van der Waals surface area contributed by atoms with E-state index in [0.29, 0.717) is 12.0 Å². The number of nitrogens with one attached hydrogen (secondary N) is 1. The molecule has 21 heavy (non-hydrogen) atoms. The molecule has 2 rings (SSSR count). The molecule has 0 aliphatic rings. The quantitative estimate of drug-likeness (QED) is 0.791. The zero-order valence-electron chi connectivity index (χ0n) is 13.6. The average Bonchev–Trinajstić information content (AvgIpc) is 2.53. The van der Waals surface area contributed by atoms with Crippen molar-refractivity contribution in [1.29, 1.82) is 0 Å². The molecule has 0 aliphatic carbocycles. The van der Waals surface area contributed by atoms with Crippen LogP contribution in [0.15, 0.2) is 42.7 Å². The summed E-state index contributed by atoms with van der Waals surface area (Å²) in [6, 6.07) is 11.3. The minimum atomic E-state index is 0.527. The van der Waals surface area contributed by atoms with Gasteiger partial charge < -0.3 is 5.32 Å². The van der Waals surface area contributed by atoms with Crippen LogP contribution in [-0.2, 0) is 6.42 Å². The van der Waals surface area contributed by atoms with Crippen molar-refractivity contribution in [3.8, 4) is 11.1 Å². The Hall–Kier alpha value is -1.83. The number of hydrogen-bond donors (Lipinski definition) is 1. The Balaban J connectivity index is 2.29. The molecule has 1 N–H and O–H groups in total. The van der Waals surface area contributed by atoms with Crippen molar-refractivity contribution >= 4 is 5.69 Å². The SMILES string of the molecule is CCc1cc(-c2cccnc2)ccc1N[C@H](CC)C(C)C. The molecule has 0 saturated heterocycles. The van der Waals surface area contributed by atoms with Gasteiger partial charge in [-0.2, -0.15) is 0 Å². The van der Waals surface area contributed by atoms with Crippen molar-refractivity contribution in [2.75, 3.05) is 5.32 Å². The summed E-state index contributed by atoms with van der Waals surface area (Å²) in [5.41, 5.74) is 5.05. The van der Waals surface area contributed by atoms with E-state index in [9.17, 15) is 0 Å². The minimum absolute atomic E-state index is 0.527. The summed E-state index contributed by atoms with van der Waals surface area (Å²) >= 11 is 0. The molecule has 0 bridgehead atoms. The summed E-state index contributed by atoms with van der Waals surface area (Å²) in [5.74, 6) is 0.637. The van der Waals surface area contributed by atoms with Crippen LogP contribution in [0.2, 0.25) is 0 Å². The van der Waals surface area contributed by atoms with Gasteiger partial charge in [0.2, 0.25) is 0 Å². The zero-order valence-corrected chi connectivity index (χ0v) is 13.6. The second-order valence-electron chi connectivity index (χ2n) is 5.87. The van der Waals surface area contributed by atoms with Crippen molar-refractivity contribution in [2.45, 2.75) is 46.6 Å². The van der Waals surface area contributed by atoms with E-state index in [0.717, 1.165) is 12.8 Å². The third-order valence-corrected chi connectivity index (χ3v) is 4.07. The molecule has 112 valence electrons. The van der Waals surface area contributed by atoms with Crippen LogP contribution in [0.4, 0.5) is 5.69 Å². The predicted octanol–water partition coefficient (Wildman–Crippen LogP) is 5.16. The molecule has 0 spiro atoms. The molecule has 0 radical (unpaired) electrons. The van der Waals surface area contributed by atoms with E-state index in [4.69, 9.17) is 0 Å². The second kappa shape index (κ2) is 7.26. The average molecular weight is 282 g/mol. The highest BCUT2D eigenvalue weighted by Gasteiger charge is 2.12. The van der Waals surface area contributed by atoms with Crippen LogP contribution in [0.3, 0.4) is 0 Å². The number of hydrogen-bond acceptors (Lipinski definition) is 2. The Bertz CT molecular complexity index is 561. The first-order chi connectivity index (χ1) is 10.2. The maximum absolute atomic E-state index is 4.21. The monoisotopic (exact) mass is 282 g/mol. The van der Waals surface area contributed by atoms with Gasteiger partial charge in [0, 0.05) is 24.1 Å². The van der Waals surface area contributed by atoms with Gasteiger partial charge in [0.05, 0.1) is 0 Å². The van der Waals surface area contributed by atoms with Crippen molar-refractivity contribution in [3.63, 3.8) is 0 Å². The molecule has 0 aliphatic heterocycles. The molecule has 1 aromatic heterocycles. The van der Waals surface area contributed by atoms with E-state index < -0.39 is 0 Å². The number of anilines is 1. The Labute approximate surface area is 128 Å². The van der Waals surface area contributed by atoms with Gasteiger partial charge in [0.25, 0.3) is 0 Å². The Morgan fingerprint density at radius 1 is 1.10 bits per heavy atom. The molecule has 1 heterocycles. The first-order valence-corrected chi connectivity index (χ1v) is 7.95. The highest BCUT2D eigenvalue weighted by atomic mass is 14.9. The van der Waals surface area contributed by atoms with Gasteiger partial charge in [-0.15, -0.1) is 0 Å². The van der Waals surface area contributed by atoms with Crippen LogP contribution in [0.1, 0.15) is 39.7 Å². The zero-order chi connectivity index (χ0) is 15.2. The molecule has 2 heteroatoms. The molecule has 1 atom stereocenters. The highest BCUT2D eigenvalue weighted by Crippen LogP contribution is 2.26. The molecular weight excluding hydrogens is 256 g/mol. The van der Waals surface area contributed by atoms with Gasteiger partial charge in [0.1, 0.15) is 0 Å². The summed E-state index contributed by atoms with van der Waals surface area (Å²) in [5, 5.41) is 3.71. The number of nitrogens with zero attached hydrogens (tertiary/aromatic N) is 1. The molecule has 2 nitrogen and oxygen atoms in total. The fraction of sp³-hybridized carbons (Fsp3) is 0.421. The first-order valence-electron chi connectivity index (χ1n) is 7.95. The Morgan fingerprint density at radius 2 is 1.90 bits per heavy atom. The predicted molar refractivity (Wildman–Crippen MR) is 91.6 cm³/mol. The topological polar surface area (TPSA) is 24.9 Å². The van der Waals surface area contributed by atoms with E-state index in [1.165, 1.54) is 22.4 Å². The second-order valence-corrected chi connectivity index (χ2v) is 5.87. The van der Waals surface area contributed by atoms with Crippen molar-refractivity contribution in [1.82, 2.24) is 4.98 Å². The smallest absolute Gasteiger partial charge is 0.0375 e. The van der Waals surface area contributed by atoms with Crippen LogP contribution in [-0.4, -0.2) is 11.0 Å². The highest BCUT2D eigenvalue weighted by molar-refractivity contribution is 5.68. The van der Waals surface area contributed by atoms with Gasteiger partial charge in [-0.3, -0.25) is 4.98 Å². The van der Waals surface area contributed by atoms with Crippen molar-refractivity contribution in [3.05, 3.63) is 48.3 Å². The third-order valence-electron chi connectivity index (χ3n) is 4.07. The van der Waals surface area contributed by atoms with Crippen molar-refractivity contribution in [2.24, 2.45) is 5.92 Å². The van der Waals surface area contributed by atoms with Crippen molar-refractivity contribution < 1.29 is 0 Å². The van der Waals surface area contributed by atoms with Gasteiger partial charge in [-0.05, 0) is 53.6 Å². The van der Waals surface area contributed by atoms with Crippen LogP contribution >= 0.6 is 0 Å². The Kier molecular flexibility index (Phi) is 5.38. The summed E-state index contributed by atoms with van der Waals surface area (Å²) in [6.07, 6.45) is 5.91. The number of benzene rings is 1. The summed E-state index contributed by atoms with van der Waals surface area (Å²) < 4.78 is 0. The van der Waals surface area contributed by atoms with Gasteiger partial charge in [-0.1, -0.05) is 39.8 Å². The minimum Gasteiger partial charge on any atom is -0.382 e. The van der Waals surface area contributed by atoms with E-state index in [1.54, 1.807) is 0 Å². The van der Waals surface area contributed by atoms with E-state index in [-0.39, 0.29) is 0 Å². The fourth-order valence-electron chi connectivity index (χ4n) is 2.68. The summed E-state index contributed by atoms with van der Waals surface area (Å²) in [4.78, 5) is 4.21. The van der Waals surface area contributed by atoms with Gasteiger partial charge in [-0.25, -0.2) is 0 Å². The van der Waals surface area contributed by atoms with Crippen LogP contribution in [0.25, 0.3) is 11.1 Å². The standard InChI is InChI=1S/C19H26N2/c1-5-15-12-16(17-8-7-11-20-13-17)9-10-19(15)21-18(6-2)14(3)4/h7-14,18,21H,5-6H2,1-4H3/t18-/m1/s1.